The van der Waals surface area contributed by atoms with Crippen molar-refractivity contribution < 1.29 is 14.3 Å². The number of aryl methyl sites for hydroxylation is 1. The Morgan fingerprint density at radius 1 is 1.24 bits per heavy atom. The van der Waals surface area contributed by atoms with Gasteiger partial charge in [0.1, 0.15) is 0 Å². The third-order valence-corrected chi connectivity index (χ3v) is 4.43. The van der Waals surface area contributed by atoms with Crippen molar-refractivity contribution in [3.8, 4) is 0 Å². The van der Waals surface area contributed by atoms with Crippen LogP contribution in [-0.2, 0) is 9.53 Å². The van der Waals surface area contributed by atoms with Gasteiger partial charge in [-0.2, -0.15) is 0 Å². The minimum absolute atomic E-state index is 0.184. The van der Waals surface area contributed by atoms with E-state index in [1.165, 1.54) is 17.4 Å². The molecule has 0 unspecified atom stereocenters. The van der Waals surface area contributed by atoms with E-state index in [0.717, 1.165) is 14.9 Å². The van der Waals surface area contributed by atoms with Gasteiger partial charge < -0.3 is 4.74 Å². The highest BCUT2D eigenvalue weighted by atomic mass is 79.9. The lowest BCUT2D eigenvalue weighted by atomic mass is 10.2. The number of rotatable bonds is 5. The van der Waals surface area contributed by atoms with E-state index in [-0.39, 0.29) is 12.4 Å². The maximum Gasteiger partial charge on any atom is 0.331 e. The van der Waals surface area contributed by atoms with E-state index < -0.39 is 5.97 Å². The van der Waals surface area contributed by atoms with Crippen LogP contribution in [0, 0.1) is 6.92 Å². The minimum Gasteiger partial charge on any atom is -0.454 e. The van der Waals surface area contributed by atoms with Gasteiger partial charge in [0.15, 0.2) is 6.61 Å². The monoisotopic (exact) mass is 364 g/mol. The Kier molecular flexibility index (Phi) is 5.47. The molecular formula is C16H13BrO3S. The predicted octanol–water partition coefficient (Wildman–Crippen LogP) is 4.26. The van der Waals surface area contributed by atoms with Crippen LogP contribution in [0.1, 0.15) is 20.1 Å². The highest BCUT2D eigenvalue weighted by Crippen LogP contribution is 2.17. The molecule has 0 amide bonds. The zero-order valence-corrected chi connectivity index (χ0v) is 13.7. The van der Waals surface area contributed by atoms with Crippen molar-refractivity contribution >= 4 is 45.1 Å². The summed E-state index contributed by atoms with van der Waals surface area (Å²) in [4.78, 5) is 25.0. The molecule has 1 aromatic heterocycles. The second-order valence-electron chi connectivity index (χ2n) is 4.30. The molecule has 0 spiro atoms. The number of esters is 1. The van der Waals surface area contributed by atoms with Crippen molar-refractivity contribution in [2.24, 2.45) is 0 Å². The van der Waals surface area contributed by atoms with Crippen LogP contribution < -0.4 is 0 Å². The van der Waals surface area contributed by atoms with Crippen molar-refractivity contribution in [3.63, 3.8) is 0 Å². The van der Waals surface area contributed by atoms with Gasteiger partial charge in [0.2, 0.25) is 5.78 Å². The van der Waals surface area contributed by atoms with Crippen molar-refractivity contribution in [2.45, 2.75) is 6.92 Å². The molecule has 0 radical (unpaired) electrons. The van der Waals surface area contributed by atoms with E-state index in [9.17, 15) is 9.59 Å². The van der Waals surface area contributed by atoms with Crippen molar-refractivity contribution in [1.82, 2.24) is 0 Å². The molecule has 5 heteroatoms. The molecule has 1 aromatic carbocycles. The molecule has 0 aliphatic heterocycles. The van der Waals surface area contributed by atoms with Gasteiger partial charge in [0, 0.05) is 15.4 Å². The molecule has 0 bridgehead atoms. The maximum atomic E-state index is 11.8. The average Bonchev–Trinajstić information content (AvgIpc) is 2.90. The summed E-state index contributed by atoms with van der Waals surface area (Å²) in [5, 5.41) is 0. The number of ketones is 1. The van der Waals surface area contributed by atoms with E-state index in [1.807, 2.05) is 37.3 Å². The summed E-state index contributed by atoms with van der Waals surface area (Å²) in [5.41, 5.74) is 0.870. The lowest BCUT2D eigenvalue weighted by Gasteiger charge is -2.00. The summed E-state index contributed by atoms with van der Waals surface area (Å²) in [6.45, 7) is 1.69. The molecule has 0 atom stereocenters. The van der Waals surface area contributed by atoms with Crippen LogP contribution in [0.5, 0.6) is 0 Å². The van der Waals surface area contributed by atoms with Crippen LogP contribution in [-0.4, -0.2) is 18.4 Å². The lowest BCUT2D eigenvalue weighted by molar-refractivity contribution is -0.136. The Morgan fingerprint density at radius 2 is 2.00 bits per heavy atom. The number of hydrogen-bond donors (Lipinski definition) is 0. The third kappa shape index (κ3) is 4.65. The summed E-state index contributed by atoms with van der Waals surface area (Å²) in [5.74, 6) is -0.719. The van der Waals surface area contributed by atoms with Gasteiger partial charge in [-0.1, -0.05) is 34.1 Å². The predicted molar refractivity (Wildman–Crippen MR) is 87.5 cm³/mol. The molecule has 21 heavy (non-hydrogen) atoms. The Balaban J connectivity index is 1.88. The SMILES string of the molecule is Cc1ccc(C(=O)COC(=O)/C=C/c2ccccc2Br)s1. The fraction of sp³-hybridized carbons (Fsp3) is 0.125. The number of ether oxygens (including phenoxy) is 1. The van der Waals surface area contributed by atoms with E-state index in [1.54, 1.807) is 12.1 Å². The first-order chi connectivity index (χ1) is 10.1. The minimum atomic E-state index is -0.535. The zero-order chi connectivity index (χ0) is 15.2. The number of hydrogen-bond acceptors (Lipinski definition) is 4. The van der Waals surface area contributed by atoms with Gasteiger partial charge in [-0.25, -0.2) is 4.79 Å². The van der Waals surface area contributed by atoms with Gasteiger partial charge in [0.25, 0.3) is 0 Å². The largest absolute Gasteiger partial charge is 0.454 e. The number of carbonyl (C=O) groups is 2. The molecule has 108 valence electrons. The van der Waals surface area contributed by atoms with E-state index in [2.05, 4.69) is 15.9 Å². The molecule has 0 aliphatic rings. The van der Waals surface area contributed by atoms with E-state index in [0.29, 0.717) is 4.88 Å². The molecule has 0 aliphatic carbocycles. The third-order valence-electron chi connectivity index (χ3n) is 2.66. The molecule has 0 N–H and O–H groups in total. The first-order valence-corrected chi connectivity index (χ1v) is 7.86. The normalized spacial score (nSPS) is 10.8. The summed E-state index contributed by atoms with van der Waals surface area (Å²) in [6.07, 6.45) is 2.96. The Morgan fingerprint density at radius 3 is 2.67 bits per heavy atom. The Labute approximate surface area is 135 Å². The highest BCUT2D eigenvalue weighted by molar-refractivity contribution is 9.10. The molecule has 1 heterocycles. The molecule has 2 rings (SSSR count). The first kappa shape index (κ1) is 15.7. The molecule has 0 saturated carbocycles. The quantitative estimate of drug-likeness (QED) is 0.452. The Hall–Kier alpha value is -1.72. The van der Waals surface area contributed by atoms with Crippen molar-refractivity contribution in [2.75, 3.05) is 6.61 Å². The van der Waals surface area contributed by atoms with E-state index in [4.69, 9.17) is 4.74 Å². The number of benzene rings is 1. The van der Waals surface area contributed by atoms with Crippen LogP contribution in [0.25, 0.3) is 6.08 Å². The molecule has 0 saturated heterocycles. The van der Waals surface area contributed by atoms with Gasteiger partial charge in [-0.05, 0) is 36.8 Å². The second-order valence-corrected chi connectivity index (χ2v) is 6.44. The van der Waals surface area contributed by atoms with E-state index >= 15 is 0 Å². The summed E-state index contributed by atoms with van der Waals surface area (Å²) in [7, 11) is 0. The fourth-order valence-electron chi connectivity index (χ4n) is 1.61. The summed E-state index contributed by atoms with van der Waals surface area (Å²) in [6, 6.07) is 11.1. The smallest absolute Gasteiger partial charge is 0.331 e. The fourth-order valence-corrected chi connectivity index (χ4v) is 2.82. The Bertz CT molecular complexity index is 688. The van der Waals surface area contributed by atoms with Crippen LogP contribution in [0.4, 0.5) is 0 Å². The van der Waals surface area contributed by atoms with Gasteiger partial charge in [-0.15, -0.1) is 11.3 Å². The van der Waals surface area contributed by atoms with Crippen molar-refractivity contribution in [1.29, 1.82) is 0 Å². The topological polar surface area (TPSA) is 43.4 Å². The number of halogens is 1. The number of thiophene rings is 1. The van der Waals surface area contributed by atoms with Crippen LogP contribution in [0.2, 0.25) is 0 Å². The average molecular weight is 365 g/mol. The van der Waals surface area contributed by atoms with Gasteiger partial charge in [-0.3, -0.25) is 4.79 Å². The standard InChI is InChI=1S/C16H13BrO3S/c1-11-6-8-15(21-11)14(18)10-20-16(19)9-7-12-4-2-3-5-13(12)17/h2-9H,10H2,1H3/b9-7+. The summed E-state index contributed by atoms with van der Waals surface area (Å²) >= 11 is 4.78. The molecular weight excluding hydrogens is 352 g/mol. The second kappa shape index (κ2) is 7.33. The number of Topliss-reactive ketones (excluding diaryl/α,β-unsaturated/α-hetero) is 1. The van der Waals surface area contributed by atoms with Crippen LogP contribution in [0.3, 0.4) is 0 Å². The first-order valence-electron chi connectivity index (χ1n) is 6.25. The lowest BCUT2D eigenvalue weighted by Crippen LogP contribution is -2.11. The molecule has 2 aromatic rings. The maximum absolute atomic E-state index is 11.8. The summed E-state index contributed by atoms with van der Waals surface area (Å²) < 4.78 is 5.83. The van der Waals surface area contributed by atoms with Crippen molar-refractivity contribution in [3.05, 3.63) is 62.3 Å². The van der Waals surface area contributed by atoms with Crippen LogP contribution >= 0.6 is 27.3 Å². The van der Waals surface area contributed by atoms with Crippen LogP contribution in [0.15, 0.2) is 46.9 Å². The van der Waals surface area contributed by atoms with Gasteiger partial charge in [0.05, 0.1) is 4.88 Å². The van der Waals surface area contributed by atoms with Gasteiger partial charge >= 0.3 is 5.97 Å². The zero-order valence-electron chi connectivity index (χ0n) is 11.3. The molecule has 0 fully saturated rings. The number of carbonyl (C=O) groups excluding carboxylic acids is 2. The highest BCUT2D eigenvalue weighted by Gasteiger charge is 2.10. The molecule has 3 nitrogen and oxygen atoms in total.